The zero-order chi connectivity index (χ0) is 17.5. The normalized spacial score (nSPS) is 14.7. The van der Waals surface area contributed by atoms with E-state index in [1.165, 1.54) is 5.69 Å². The maximum absolute atomic E-state index is 12.1. The van der Waals surface area contributed by atoms with Crippen LogP contribution in [0.5, 0.6) is 0 Å². The highest BCUT2D eigenvalue weighted by molar-refractivity contribution is 5.91. The summed E-state index contributed by atoms with van der Waals surface area (Å²) in [5.74, 6) is 0.923. The first kappa shape index (κ1) is 17.5. The maximum atomic E-state index is 12.1. The molecule has 0 atom stereocenters. The van der Waals surface area contributed by atoms with Crippen LogP contribution in [0.1, 0.15) is 12.2 Å². The molecule has 1 aromatic heterocycles. The number of nitrogens with one attached hydrogen (secondary N) is 1. The van der Waals surface area contributed by atoms with Crippen molar-refractivity contribution >= 4 is 17.3 Å². The molecule has 3 rings (SSSR count). The molecule has 6 nitrogen and oxygen atoms in total. The molecular weight excluding hydrogens is 318 g/mol. The van der Waals surface area contributed by atoms with E-state index in [1.54, 1.807) is 6.26 Å². The predicted octanol–water partition coefficient (Wildman–Crippen LogP) is 2.58. The third-order valence-electron chi connectivity index (χ3n) is 4.25. The van der Waals surface area contributed by atoms with Crippen molar-refractivity contribution in [3.8, 4) is 0 Å². The fourth-order valence-electron chi connectivity index (χ4n) is 2.84. The molecule has 0 unspecified atom stereocenters. The van der Waals surface area contributed by atoms with Crippen molar-refractivity contribution in [3.63, 3.8) is 0 Å². The third kappa shape index (κ3) is 5.34. The Morgan fingerprint density at radius 3 is 2.64 bits per heavy atom. The summed E-state index contributed by atoms with van der Waals surface area (Å²) in [6.45, 7) is 4.74. The topological polar surface area (TPSA) is 58.0 Å². The molecule has 0 aliphatic carbocycles. The molecule has 6 heteroatoms. The summed E-state index contributed by atoms with van der Waals surface area (Å²) in [6, 6.07) is 11.8. The molecule has 2 heterocycles. The molecule has 1 amide bonds. The Bertz CT molecular complexity index is 649. The van der Waals surface area contributed by atoms with Crippen LogP contribution in [0.25, 0.3) is 0 Å². The number of nitrogens with zero attached hydrogens (tertiary/aromatic N) is 2. The average molecular weight is 343 g/mol. The second kappa shape index (κ2) is 8.69. The Labute approximate surface area is 148 Å². The van der Waals surface area contributed by atoms with Gasteiger partial charge < -0.3 is 19.4 Å². The molecule has 0 saturated carbocycles. The van der Waals surface area contributed by atoms with Crippen LogP contribution < -0.4 is 10.2 Å². The fraction of sp³-hybridized carbons (Fsp3) is 0.421. The number of rotatable bonds is 7. The van der Waals surface area contributed by atoms with Gasteiger partial charge in [0, 0.05) is 37.4 Å². The highest BCUT2D eigenvalue weighted by Gasteiger charge is 2.11. The number of benzene rings is 1. The van der Waals surface area contributed by atoms with Gasteiger partial charge in [0.1, 0.15) is 5.76 Å². The summed E-state index contributed by atoms with van der Waals surface area (Å²) in [5.41, 5.74) is 2.00. The van der Waals surface area contributed by atoms with E-state index in [2.05, 4.69) is 15.1 Å². The maximum Gasteiger partial charge on any atom is 0.225 e. The van der Waals surface area contributed by atoms with Gasteiger partial charge in [0.2, 0.25) is 5.91 Å². The zero-order valence-electron chi connectivity index (χ0n) is 14.6. The van der Waals surface area contributed by atoms with Gasteiger partial charge in [-0.2, -0.15) is 0 Å². The number of ether oxygens (including phenoxy) is 1. The summed E-state index contributed by atoms with van der Waals surface area (Å²) >= 11 is 0. The molecule has 1 aliphatic heterocycles. The van der Waals surface area contributed by atoms with Gasteiger partial charge in [0.15, 0.2) is 0 Å². The van der Waals surface area contributed by atoms with E-state index in [9.17, 15) is 4.79 Å². The number of furan rings is 1. The van der Waals surface area contributed by atoms with Crippen LogP contribution in [-0.2, 0) is 16.1 Å². The minimum atomic E-state index is 0.0189. The lowest BCUT2D eigenvalue weighted by Crippen LogP contribution is -2.36. The number of anilines is 2. The molecule has 1 N–H and O–H groups in total. The van der Waals surface area contributed by atoms with E-state index in [1.807, 2.05) is 43.4 Å². The molecule has 1 aromatic carbocycles. The van der Waals surface area contributed by atoms with E-state index in [0.29, 0.717) is 19.5 Å². The van der Waals surface area contributed by atoms with Crippen molar-refractivity contribution in [2.75, 3.05) is 50.1 Å². The van der Waals surface area contributed by atoms with Crippen molar-refractivity contribution in [3.05, 3.63) is 48.4 Å². The predicted molar refractivity (Wildman–Crippen MR) is 97.8 cm³/mol. The molecule has 0 spiro atoms. The minimum absolute atomic E-state index is 0.0189. The van der Waals surface area contributed by atoms with E-state index >= 15 is 0 Å². The van der Waals surface area contributed by atoms with Gasteiger partial charge in [-0.25, -0.2) is 0 Å². The summed E-state index contributed by atoms with van der Waals surface area (Å²) in [6.07, 6.45) is 2.11. The van der Waals surface area contributed by atoms with E-state index in [0.717, 1.165) is 37.8 Å². The van der Waals surface area contributed by atoms with Crippen LogP contribution >= 0.6 is 0 Å². The largest absolute Gasteiger partial charge is 0.468 e. The Kier molecular flexibility index (Phi) is 6.09. The average Bonchev–Trinajstić information content (AvgIpc) is 3.14. The summed E-state index contributed by atoms with van der Waals surface area (Å²) in [5, 5.41) is 2.95. The highest BCUT2D eigenvalue weighted by atomic mass is 16.5. The SMILES string of the molecule is CN(CCC(=O)Nc1ccc(N2CCOCC2)cc1)Cc1ccco1. The Balaban J connectivity index is 1.42. The van der Waals surface area contributed by atoms with Crippen molar-refractivity contribution in [2.24, 2.45) is 0 Å². The molecular formula is C19H25N3O3. The smallest absolute Gasteiger partial charge is 0.225 e. The summed E-state index contributed by atoms with van der Waals surface area (Å²) in [7, 11) is 1.98. The van der Waals surface area contributed by atoms with Gasteiger partial charge in [-0.1, -0.05) is 0 Å². The monoisotopic (exact) mass is 343 g/mol. The van der Waals surface area contributed by atoms with E-state index in [-0.39, 0.29) is 5.91 Å². The molecule has 2 aromatic rings. The first-order valence-corrected chi connectivity index (χ1v) is 8.64. The Morgan fingerprint density at radius 2 is 1.96 bits per heavy atom. The van der Waals surface area contributed by atoms with Crippen LogP contribution in [0.3, 0.4) is 0 Å². The second-order valence-corrected chi connectivity index (χ2v) is 6.26. The number of morpholine rings is 1. The molecule has 134 valence electrons. The van der Waals surface area contributed by atoms with Gasteiger partial charge in [-0.15, -0.1) is 0 Å². The molecule has 0 radical (unpaired) electrons. The number of hydrogen-bond acceptors (Lipinski definition) is 5. The third-order valence-corrected chi connectivity index (χ3v) is 4.25. The summed E-state index contributed by atoms with van der Waals surface area (Å²) in [4.78, 5) is 16.5. The lowest BCUT2D eigenvalue weighted by Gasteiger charge is -2.28. The number of hydrogen-bond donors (Lipinski definition) is 1. The lowest BCUT2D eigenvalue weighted by molar-refractivity contribution is -0.116. The second-order valence-electron chi connectivity index (χ2n) is 6.26. The van der Waals surface area contributed by atoms with Gasteiger partial charge in [-0.3, -0.25) is 9.69 Å². The molecule has 25 heavy (non-hydrogen) atoms. The van der Waals surface area contributed by atoms with Crippen LogP contribution in [0, 0.1) is 0 Å². The molecule has 1 fully saturated rings. The van der Waals surface area contributed by atoms with Crippen LogP contribution in [-0.4, -0.2) is 50.7 Å². The van der Waals surface area contributed by atoms with Gasteiger partial charge in [-0.05, 0) is 43.4 Å². The zero-order valence-corrected chi connectivity index (χ0v) is 14.6. The number of carbonyl (C=O) groups excluding carboxylic acids is 1. The van der Waals surface area contributed by atoms with Crippen molar-refractivity contribution in [1.29, 1.82) is 0 Å². The van der Waals surface area contributed by atoms with Gasteiger partial charge in [0.25, 0.3) is 0 Å². The van der Waals surface area contributed by atoms with Crippen LogP contribution in [0.15, 0.2) is 47.1 Å². The molecule has 1 aliphatic rings. The first-order chi connectivity index (χ1) is 12.2. The quantitative estimate of drug-likeness (QED) is 0.837. The highest BCUT2D eigenvalue weighted by Crippen LogP contribution is 2.19. The standard InChI is InChI=1S/C19H25N3O3/c1-21(15-18-3-2-12-25-18)9-8-19(23)20-16-4-6-17(7-5-16)22-10-13-24-14-11-22/h2-7,12H,8-11,13-15H2,1H3,(H,20,23). The Hall–Kier alpha value is -2.31. The van der Waals surface area contributed by atoms with Crippen molar-refractivity contribution in [2.45, 2.75) is 13.0 Å². The Morgan fingerprint density at radius 1 is 1.20 bits per heavy atom. The van der Waals surface area contributed by atoms with Crippen LogP contribution in [0.2, 0.25) is 0 Å². The first-order valence-electron chi connectivity index (χ1n) is 8.64. The van der Waals surface area contributed by atoms with Crippen LogP contribution in [0.4, 0.5) is 11.4 Å². The van der Waals surface area contributed by atoms with E-state index in [4.69, 9.17) is 9.15 Å². The van der Waals surface area contributed by atoms with E-state index < -0.39 is 0 Å². The lowest BCUT2D eigenvalue weighted by atomic mass is 10.2. The fourth-order valence-corrected chi connectivity index (χ4v) is 2.84. The number of amides is 1. The number of carbonyl (C=O) groups is 1. The summed E-state index contributed by atoms with van der Waals surface area (Å²) < 4.78 is 10.7. The van der Waals surface area contributed by atoms with Gasteiger partial charge in [0.05, 0.1) is 26.0 Å². The van der Waals surface area contributed by atoms with Gasteiger partial charge >= 0.3 is 0 Å². The molecule has 0 bridgehead atoms. The minimum Gasteiger partial charge on any atom is -0.468 e. The molecule has 1 saturated heterocycles. The van der Waals surface area contributed by atoms with Crippen molar-refractivity contribution in [1.82, 2.24) is 4.90 Å². The van der Waals surface area contributed by atoms with Crippen molar-refractivity contribution < 1.29 is 13.9 Å².